The van der Waals surface area contributed by atoms with E-state index >= 15 is 0 Å². The SMILES string of the molecule is COC(=O)CCNC(=O)NC1CCN(c2ccc(C(=N)N)cc2)C1=O. The van der Waals surface area contributed by atoms with Crippen molar-refractivity contribution in [2.75, 3.05) is 25.1 Å². The number of ether oxygens (including phenoxy) is 1. The first-order chi connectivity index (χ1) is 11.9. The number of nitrogens with zero attached hydrogens (tertiary/aromatic N) is 1. The van der Waals surface area contributed by atoms with Gasteiger partial charge >= 0.3 is 12.0 Å². The third kappa shape index (κ3) is 4.69. The molecule has 1 saturated heterocycles. The van der Waals surface area contributed by atoms with Gasteiger partial charge in [-0.05, 0) is 30.7 Å². The highest BCUT2D eigenvalue weighted by atomic mass is 16.5. The molecule has 1 heterocycles. The van der Waals surface area contributed by atoms with Crippen molar-refractivity contribution in [2.45, 2.75) is 18.9 Å². The summed E-state index contributed by atoms with van der Waals surface area (Å²) in [4.78, 5) is 36.8. The predicted octanol–water partition coefficient (Wildman–Crippen LogP) is -0.0617. The zero-order valence-electron chi connectivity index (χ0n) is 13.9. The van der Waals surface area contributed by atoms with Crippen molar-refractivity contribution in [3.05, 3.63) is 29.8 Å². The van der Waals surface area contributed by atoms with E-state index in [1.807, 2.05) is 0 Å². The molecule has 1 aromatic rings. The molecule has 1 aliphatic rings. The molecule has 9 heteroatoms. The molecule has 0 spiro atoms. The lowest BCUT2D eigenvalue weighted by Crippen LogP contribution is -2.46. The molecule has 9 nitrogen and oxygen atoms in total. The van der Waals surface area contributed by atoms with E-state index in [1.54, 1.807) is 29.2 Å². The van der Waals surface area contributed by atoms with Gasteiger partial charge in [-0.2, -0.15) is 0 Å². The highest BCUT2D eigenvalue weighted by Gasteiger charge is 2.33. The molecule has 0 bridgehead atoms. The molecule has 134 valence electrons. The Morgan fingerprint density at radius 2 is 2.04 bits per heavy atom. The molecule has 25 heavy (non-hydrogen) atoms. The maximum Gasteiger partial charge on any atom is 0.315 e. The molecular weight excluding hydrogens is 326 g/mol. The van der Waals surface area contributed by atoms with Gasteiger partial charge in [0.25, 0.3) is 0 Å². The lowest BCUT2D eigenvalue weighted by atomic mass is 10.2. The molecule has 0 aliphatic carbocycles. The Morgan fingerprint density at radius 3 is 2.64 bits per heavy atom. The first-order valence-electron chi connectivity index (χ1n) is 7.79. The Hall–Kier alpha value is -3.10. The van der Waals surface area contributed by atoms with Crippen LogP contribution < -0.4 is 21.3 Å². The lowest BCUT2D eigenvalue weighted by Gasteiger charge is -2.17. The third-order valence-corrected chi connectivity index (χ3v) is 3.84. The smallest absolute Gasteiger partial charge is 0.315 e. The lowest BCUT2D eigenvalue weighted by molar-refractivity contribution is -0.140. The Morgan fingerprint density at radius 1 is 1.36 bits per heavy atom. The van der Waals surface area contributed by atoms with Gasteiger partial charge in [0.1, 0.15) is 11.9 Å². The molecule has 5 N–H and O–H groups in total. The van der Waals surface area contributed by atoms with Crippen LogP contribution in [0, 0.1) is 5.41 Å². The zero-order chi connectivity index (χ0) is 18.4. The number of hydrogen-bond acceptors (Lipinski definition) is 5. The second-order valence-corrected chi connectivity index (χ2v) is 5.52. The van der Waals surface area contributed by atoms with Crippen molar-refractivity contribution < 1.29 is 19.1 Å². The molecule has 0 aromatic heterocycles. The molecule has 0 radical (unpaired) electrons. The Kier molecular flexibility index (Phi) is 5.93. The number of anilines is 1. The minimum Gasteiger partial charge on any atom is -0.469 e. The van der Waals surface area contributed by atoms with Crippen molar-refractivity contribution >= 4 is 29.4 Å². The van der Waals surface area contributed by atoms with Gasteiger partial charge in [0.05, 0.1) is 13.5 Å². The number of amidine groups is 1. The van der Waals surface area contributed by atoms with Crippen LogP contribution in [-0.2, 0) is 14.3 Å². The van der Waals surface area contributed by atoms with Crippen molar-refractivity contribution in [3.63, 3.8) is 0 Å². The van der Waals surface area contributed by atoms with Crippen molar-refractivity contribution in [3.8, 4) is 0 Å². The van der Waals surface area contributed by atoms with Gasteiger partial charge < -0.3 is 26.0 Å². The summed E-state index contributed by atoms with van der Waals surface area (Å²) in [5, 5.41) is 12.5. The van der Waals surface area contributed by atoms with Crippen LogP contribution in [0.4, 0.5) is 10.5 Å². The highest BCUT2D eigenvalue weighted by molar-refractivity contribution is 6.02. The van der Waals surface area contributed by atoms with E-state index in [0.29, 0.717) is 24.2 Å². The molecular formula is C16H21N5O4. The molecule has 0 saturated carbocycles. The van der Waals surface area contributed by atoms with Gasteiger partial charge in [0.15, 0.2) is 0 Å². The van der Waals surface area contributed by atoms with Crippen LogP contribution >= 0.6 is 0 Å². The van der Waals surface area contributed by atoms with E-state index in [9.17, 15) is 14.4 Å². The maximum absolute atomic E-state index is 12.4. The van der Waals surface area contributed by atoms with Gasteiger partial charge in [-0.3, -0.25) is 15.0 Å². The fourth-order valence-electron chi connectivity index (χ4n) is 2.48. The number of nitrogen functional groups attached to an aromatic ring is 1. The molecule has 1 fully saturated rings. The number of benzene rings is 1. The Bertz CT molecular complexity index is 674. The normalized spacial score (nSPS) is 16.4. The summed E-state index contributed by atoms with van der Waals surface area (Å²) >= 11 is 0. The quantitative estimate of drug-likeness (QED) is 0.324. The summed E-state index contributed by atoms with van der Waals surface area (Å²) in [6, 6.07) is 5.65. The van der Waals surface area contributed by atoms with Crippen LogP contribution in [0.5, 0.6) is 0 Å². The van der Waals surface area contributed by atoms with Crippen LogP contribution in [0.15, 0.2) is 24.3 Å². The fraction of sp³-hybridized carbons (Fsp3) is 0.375. The first kappa shape index (κ1) is 18.2. The van der Waals surface area contributed by atoms with E-state index in [2.05, 4.69) is 15.4 Å². The first-order valence-corrected chi connectivity index (χ1v) is 7.79. The summed E-state index contributed by atoms with van der Waals surface area (Å²) in [7, 11) is 1.27. The number of nitrogens with two attached hydrogens (primary N) is 1. The van der Waals surface area contributed by atoms with Gasteiger partial charge in [0.2, 0.25) is 5.91 Å². The van der Waals surface area contributed by atoms with Crippen LogP contribution in [-0.4, -0.2) is 50.0 Å². The van der Waals surface area contributed by atoms with Crippen molar-refractivity contribution in [1.82, 2.24) is 10.6 Å². The second-order valence-electron chi connectivity index (χ2n) is 5.52. The largest absolute Gasteiger partial charge is 0.469 e. The topological polar surface area (TPSA) is 138 Å². The van der Waals surface area contributed by atoms with E-state index in [4.69, 9.17) is 11.1 Å². The zero-order valence-corrected chi connectivity index (χ0v) is 13.9. The molecule has 1 aliphatic heterocycles. The van der Waals surface area contributed by atoms with Crippen LogP contribution in [0.1, 0.15) is 18.4 Å². The number of methoxy groups -OCH3 is 1. The van der Waals surface area contributed by atoms with Gasteiger partial charge in [-0.15, -0.1) is 0 Å². The van der Waals surface area contributed by atoms with Crippen molar-refractivity contribution in [2.24, 2.45) is 5.73 Å². The number of hydrogen-bond donors (Lipinski definition) is 4. The van der Waals surface area contributed by atoms with Gasteiger partial charge in [-0.1, -0.05) is 0 Å². The van der Waals surface area contributed by atoms with Crippen molar-refractivity contribution in [1.29, 1.82) is 5.41 Å². The number of nitrogens with one attached hydrogen (secondary N) is 3. The van der Waals surface area contributed by atoms with E-state index in [1.165, 1.54) is 7.11 Å². The minimum absolute atomic E-state index is 0.0394. The second kappa shape index (κ2) is 8.13. The number of rotatable bonds is 6. The molecule has 1 aromatic carbocycles. The number of esters is 1. The predicted molar refractivity (Wildman–Crippen MR) is 91.4 cm³/mol. The monoisotopic (exact) mass is 347 g/mol. The number of amides is 3. The van der Waals surface area contributed by atoms with E-state index in [0.717, 1.165) is 0 Å². The van der Waals surface area contributed by atoms with Crippen LogP contribution in [0.25, 0.3) is 0 Å². The van der Waals surface area contributed by atoms with Crippen LogP contribution in [0.3, 0.4) is 0 Å². The number of urea groups is 1. The fourth-order valence-corrected chi connectivity index (χ4v) is 2.48. The average molecular weight is 347 g/mol. The Balaban J connectivity index is 1.87. The minimum atomic E-state index is -0.620. The summed E-state index contributed by atoms with van der Waals surface area (Å²) in [5.74, 6) is -0.668. The van der Waals surface area contributed by atoms with Gasteiger partial charge in [0, 0.05) is 24.3 Å². The summed E-state index contributed by atoms with van der Waals surface area (Å²) in [6.07, 6.45) is 0.550. The molecule has 1 atom stereocenters. The number of carbonyl (C=O) groups excluding carboxylic acids is 3. The standard InChI is InChI=1S/C16H21N5O4/c1-25-13(22)6-8-19-16(24)20-12-7-9-21(15(12)23)11-4-2-10(3-5-11)14(17)18/h2-5,12H,6-9H2,1H3,(H3,17,18)(H2,19,20,24). The van der Waals surface area contributed by atoms with Crippen LogP contribution in [0.2, 0.25) is 0 Å². The van der Waals surface area contributed by atoms with E-state index in [-0.39, 0.29) is 24.7 Å². The molecule has 3 amide bonds. The number of carbonyl (C=O) groups is 3. The average Bonchev–Trinajstić information content (AvgIpc) is 2.95. The summed E-state index contributed by atoms with van der Waals surface area (Å²) < 4.78 is 4.48. The molecule has 1 unspecified atom stereocenters. The highest BCUT2D eigenvalue weighted by Crippen LogP contribution is 2.22. The maximum atomic E-state index is 12.4. The molecule has 2 rings (SSSR count). The van der Waals surface area contributed by atoms with E-state index < -0.39 is 18.0 Å². The Labute approximate surface area is 145 Å². The van der Waals surface area contributed by atoms with Gasteiger partial charge in [-0.25, -0.2) is 4.79 Å². The summed E-state index contributed by atoms with van der Waals surface area (Å²) in [5.41, 5.74) is 6.67. The third-order valence-electron chi connectivity index (χ3n) is 3.84. The summed E-state index contributed by atoms with van der Waals surface area (Å²) in [6.45, 7) is 0.612.